The summed E-state index contributed by atoms with van der Waals surface area (Å²) >= 11 is 0. The Morgan fingerprint density at radius 3 is 1.84 bits per heavy atom. The summed E-state index contributed by atoms with van der Waals surface area (Å²) in [5, 5.41) is 9.69. The zero-order valence-electron chi connectivity index (χ0n) is 27.3. The third-order valence-corrected chi connectivity index (χ3v) is 10.0. The van der Waals surface area contributed by atoms with Crippen molar-refractivity contribution in [1.82, 2.24) is 0 Å². The van der Waals surface area contributed by atoms with E-state index in [1.165, 1.54) is 49.0 Å². The first-order valence-corrected chi connectivity index (χ1v) is 17.1. The predicted octanol–water partition coefficient (Wildman–Crippen LogP) is 13.8. The first-order valence-electron chi connectivity index (χ1n) is 17.1. The maximum atomic E-state index is 6.45. The normalized spacial score (nSPS) is 11.6. The van der Waals surface area contributed by atoms with Gasteiger partial charge in [-0.25, -0.2) is 0 Å². The largest absolute Gasteiger partial charge is 0.456 e. The molecular formula is C48H31NO. The highest BCUT2D eigenvalue weighted by Gasteiger charge is 2.21. The number of hydrogen-bond donors (Lipinski definition) is 0. The molecule has 10 rings (SSSR count). The Morgan fingerprint density at radius 1 is 0.320 bits per heavy atom. The van der Waals surface area contributed by atoms with Crippen molar-refractivity contribution in [3.05, 3.63) is 188 Å². The lowest BCUT2D eigenvalue weighted by molar-refractivity contribution is 0.669. The summed E-state index contributed by atoms with van der Waals surface area (Å²) < 4.78 is 6.45. The van der Waals surface area contributed by atoms with E-state index >= 15 is 0 Å². The summed E-state index contributed by atoms with van der Waals surface area (Å²) in [7, 11) is 0. The fourth-order valence-corrected chi connectivity index (χ4v) is 7.74. The third-order valence-electron chi connectivity index (χ3n) is 10.0. The van der Waals surface area contributed by atoms with Crippen LogP contribution < -0.4 is 4.90 Å². The molecular weight excluding hydrogens is 607 g/mol. The average Bonchev–Trinajstić information content (AvgIpc) is 3.56. The molecule has 0 atom stereocenters. The average molecular weight is 638 g/mol. The highest BCUT2D eigenvalue weighted by molar-refractivity contribution is 6.15. The lowest BCUT2D eigenvalue weighted by Gasteiger charge is -2.29. The van der Waals surface area contributed by atoms with E-state index in [-0.39, 0.29) is 0 Å². The van der Waals surface area contributed by atoms with Gasteiger partial charge < -0.3 is 9.32 Å². The summed E-state index contributed by atoms with van der Waals surface area (Å²) in [5.74, 6) is 0. The lowest BCUT2D eigenvalue weighted by Crippen LogP contribution is -2.11. The van der Waals surface area contributed by atoms with Crippen LogP contribution in [0.4, 0.5) is 17.1 Å². The number of nitrogens with zero attached hydrogens (tertiary/aromatic N) is 1. The van der Waals surface area contributed by atoms with E-state index in [1.54, 1.807) is 0 Å². The lowest BCUT2D eigenvalue weighted by atomic mass is 9.92. The second-order valence-electron chi connectivity index (χ2n) is 12.9. The van der Waals surface area contributed by atoms with Crippen molar-refractivity contribution < 1.29 is 4.42 Å². The van der Waals surface area contributed by atoms with E-state index in [4.69, 9.17) is 4.42 Å². The molecule has 1 heterocycles. The van der Waals surface area contributed by atoms with Gasteiger partial charge in [-0.1, -0.05) is 140 Å². The van der Waals surface area contributed by atoms with Gasteiger partial charge in [0.2, 0.25) is 0 Å². The van der Waals surface area contributed by atoms with Crippen molar-refractivity contribution in [2.75, 3.05) is 4.90 Å². The highest BCUT2D eigenvalue weighted by atomic mass is 16.3. The van der Waals surface area contributed by atoms with Gasteiger partial charge in [-0.15, -0.1) is 0 Å². The molecule has 0 unspecified atom stereocenters. The van der Waals surface area contributed by atoms with Crippen molar-refractivity contribution in [1.29, 1.82) is 0 Å². The standard InChI is InChI=1S/C48H31NO/c1-3-18-37-32(13-1)15-12-24-38(37)33-16-11-17-35(29-33)49(36-27-28-44-43-23-8-10-26-47(43)50-48(44)31-36)46-25-9-7-22-42(46)45-30-34-14-2-4-19-39(34)40-20-5-6-21-41(40)45/h1-31H. The Balaban J connectivity index is 1.24. The molecule has 0 saturated heterocycles. The molecule has 0 spiro atoms. The third kappa shape index (κ3) is 4.57. The van der Waals surface area contributed by atoms with Crippen molar-refractivity contribution in [3.63, 3.8) is 0 Å². The highest BCUT2D eigenvalue weighted by Crippen LogP contribution is 2.46. The van der Waals surface area contributed by atoms with E-state index in [2.05, 4.69) is 181 Å². The van der Waals surface area contributed by atoms with Crippen molar-refractivity contribution >= 4 is 71.3 Å². The SMILES string of the molecule is c1cc(-c2cccc3ccccc23)cc(N(c2ccc3c(c2)oc2ccccc23)c2ccccc2-c2cc3ccccc3c3ccccc23)c1. The van der Waals surface area contributed by atoms with Gasteiger partial charge in [-0.2, -0.15) is 0 Å². The van der Waals surface area contributed by atoms with Crippen molar-refractivity contribution in [3.8, 4) is 22.3 Å². The monoisotopic (exact) mass is 637 g/mol. The van der Waals surface area contributed by atoms with Crippen LogP contribution in [-0.4, -0.2) is 0 Å². The molecule has 234 valence electrons. The summed E-state index contributed by atoms with van der Waals surface area (Å²) in [6.07, 6.45) is 0. The Kier molecular flexibility index (Phi) is 6.53. The smallest absolute Gasteiger partial charge is 0.137 e. The number of fused-ring (bicyclic) bond motifs is 7. The van der Waals surface area contributed by atoms with Crippen LogP contribution in [0.2, 0.25) is 0 Å². The van der Waals surface area contributed by atoms with Crippen LogP contribution in [0.5, 0.6) is 0 Å². The van der Waals surface area contributed by atoms with E-state index in [0.717, 1.165) is 44.6 Å². The van der Waals surface area contributed by atoms with E-state index in [1.807, 2.05) is 12.1 Å². The van der Waals surface area contributed by atoms with Gasteiger partial charge >= 0.3 is 0 Å². The van der Waals surface area contributed by atoms with Gasteiger partial charge in [0.25, 0.3) is 0 Å². The van der Waals surface area contributed by atoms with Crippen LogP contribution >= 0.6 is 0 Å². The summed E-state index contributed by atoms with van der Waals surface area (Å²) in [4.78, 5) is 2.39. The number of furan rings is 1. The Bertz CT molecular complexity index is 2890. The van der Waals surface area contributed by atoms with Gasteiger partial charge in [0.05, 0.1) is 5.69 Å². The molecule has 0 N–H and O–H groups in total. The summed E-state index contributed by atoms with van der Waals surface area (Å²) in [6, 6.07) is 67.6. The second kappa shape index (κ2) is 11.5. The van der Waals surface area contributed by atoms with Crippen LogP contribution in [0.25, 0.3) is 76.5 Å². The minimum Gasteiger partial charge on any atom is -0.456 e. The maximum absolute atomic E-state index is 6.45. The molecule has 10 aromatic rings. The maximum Gasteiger partial charge on any atom is 0.137 e. The molecule has 50 heavy (non-hydrogen) atoms. The minimum atomic E-state index is 0.868. The number of anilines is 3. The van der Waals surface area contributed by atoms with Gasteiger partial charge in [-0.3, -0.25) is 0 Å². The molecule has 0 fully saturated rings. The fourth-order valence-electron chi connectivity index (χ4n) is 7.74. The molecule has 0 aliphatic heterocycles. The fraction of sp³-hybridized carbons (Fsp3) is 0. The number of para-hydroxylation sites is 2. The van der Waals surface area contributed by atoms with Crippen LogP contribution in [0.1, 0.15) is 0 Å². The molecule has 2 nitrogen and oxygen atoms in total. The number of hydrogen-bond acceptors (Lipinski definition) is 2. The van der Waals surface area contributed by atoms with E-state index < -0.39 is 0 Å². The van der Waals surface area contributed by atoms with Crippen molar-refractivity contribution in [2.24, 2.45) is 0 Å². The summed E-state index contributed by atoms with van der Waals surface area (Å²) in [5.41, 5.74) is 9.71. The first-order chi connectivity index (χ1) is 24.8. The Hall–Kier alpha value is -6.64. The van der Waals surface area contributed by atoms with Gasteiger partial charge in [0.1, 0.15) is 11.2 Å². The van der Waals surface area contributed by atoms with Crippen LogP contribution in [0.3, 0.4) is 0 Å². The van der Waals surface area contributed by atoms with Crippen LogP contribution in [-0.2, 0) is 0 Å². The van der Waals surface area contributed by atoms with Gasteiger partial charge in [0.15, 0.2) is 0 Å². The van der Waals surface area contributed by atoms with Gasteiger partial charge in [0, 0.05) is 33.8 Å². The molecule has 9 aromatic carbocycles. The van der Waals surface area contributed by atoms with E-state index in [9.17, 15) is 0 Å². The first kappa shape index (κ1) is 28.4. The summed E-state index contributed by atoms with van der Waals surface area (Å²) in [6.45, 7) is 0. The second-order valence-corrected chi connectivity index (χ2v) is 12.9. The van der Waals surface area contributed by atoms with Crippen LogP contribution in [0.15, 0.2) is 192 Å². The molecule has 0 aliphatic rings. The molecule has 1 aromatic heterocycles. The topological polar surface area (TPSA) is 16.4 Å². The number of benzene rings is 9. The Labute approximate surface area is 290 Å². The van der Waals surface area contributed by atoms with Gasteiger partial charge in [-0.05, 0) is 91.5 Å². The molecule has 0 amide bonds. The molecule has 0 aliphatic carbocycles. The molecule has 2 heteroatoms. The quantitative estimate of drug-likeness (QED) is 0.175. The molecule has 0 bridgehead atoms. The molecule has 0 radical (unpaired) electrons. The predicted molar refractivity (Wildman–Crippen MR) is 212 cm³/mol. The number of rotatable bonds is 5. The van der Waals surface area contributed by atoms with Crippen molar-refractivity contribution in [2.45, 2.75) is 0 Å². The minimum absolute atomic E-state index is 0.868. The zero-order chi connectivity index (χ0) is 33.0. The van der Waals surface area contributed by atoms with Crippen LogP contribution in [0, 0.1) is 0 Å². The molecule has 0 saturated carbocycles. The Morgan fingerprint density at radius 2 is 0.940 bits per heavy atom. The van der Waals surface area contributed by atoms with E-state index in [0.29, 0.717) is 0 Å². The zero-order valence-corrected chi connectivity index (χ0v) is 27.3.